The van der Waals surface area contributed by atoms with Gasteiger partial charge in [-0.25, -0.2) is 9.13 Å². The summed E-state index contributed by atoms with van der Waals surface area (Å²) in [5.41, 5.74) is 0. The highest BCUT2D eigenvalue weighted by molar-refractivity contribution is 7.47. The molecule has 16 nitrogen and oxygen atoms in total. The van der Waals surface area contributed by atoms with Crippen molar-refractivity contribution in [3.63, 3.8) is 0 Å². The Labute approximate surface area is 842 Å². The van der Waals surface area contributed by atoms with E-state index < -0.39 is 91.5 Å². The fourth-order valence-corrected chi connectivity index (χ4v) is 17.9. The summed E-state index contributed by atoms with van der Waals surface area (Å²) in [5, 5.41) is 20.8. The van der Waals surface area contributed by atoms with Crippen molar-refractivity contribution in [3.05, 3.63) is 146 Å². The van der Waals surface area contributed by atoms with Crippen LogP contribution in [0.3, 0.4) is 0 Å². The van der Waals surface area contributed by atoms with Gasteiger partial charge in [-0.2, -0.15) is 0 Å². The largest absolute Gasteiger partial charge is 0.472 e. The molecule has 0 aromatic heterocycles. The molecular formula is C119H212O16P2. The second kappa shape index (κ2) is 110. The van der Waals surface area contributed by atoms with Crippen LogP contribution < -0.4 is 0 Å². The van der Waals surface area contributed by atoms with Crippen molar-refractivity contribution in [2.75, 3.05) is 39.6 Å². The Morgan fingerprint density at radius 2 is 0.365 bits per heavy atom. The number of phosphoric ester groups is 2. The number of aliphatic hydroxyl groups excluding tert-OH is 2. The molecule has 5 unspecified atom stereocenters. The van der Waals surface area contributed by atoms with E-state index in [0.717, 1.165) is 122 Å². The number of carbonyl (C=O) groups is 3. The standard InChI is InChI=1S/C119H212O16P2/c1-4-7-10-13-16-19-22-25-28-31-34-37-40-43-46-49-52-54-56-58-61-63-66-69-72-75-78-81-84-87-90-93-96-99-102-105-117(122)129-108-114(120)109-131-136(125,126)132-110-115(121)111-133-137(127,128)134-113-116(135-119(124)107-104-101-98-95-92-89-86-83-80-77-74-71-68-65-60-51-48-45-42-39-36-33-30-27-24-21-18-15-12-9-6-3)112-130-118(123)106-103-100-97-94-91-88-85-82-79-76-73-70-67-64-62-59-57-55-53-50-47-44-41-38-35-32-29-26-23-20-17-14-11-8-5-2/h16-21,25-30,34-39,43-48,114-116,120-121H,4-15,22-24,31-33,40-42,49-113H2,1-3H3,(H,125,126)(H,127,128)/b19-16-,20-17-,21-18-,28-25-,29-26-,30-27-,37-34-,38-35-,39-36-,46-43-,47-44-,48-45-. The van der Waals surface area contributed by atoms with Gasteiger partial charge in [0.1, 0.15) is 25.4 Å². The van der Waals surface area contributed by atoms with Gasteiger partial charge in [0.25, 0.3) is 0 Å². The summed E-state index contributed by atoms with van der Waals surface area (Å²) < 4.78 is 61.9. The number of hydrogen-bond acceptors (Lipinski definition) is 14. The predicted molar refractivity (Wildman–Crippen MR) is 583 cm³/mol. The second-order valence-electron chi connectivity index (χ2n) is 38.5. The van der Waals surface area contributed by atoms with E-state index in [1.807, 2.05) is 0 Å². The Bertz CT molecular complexity index is 3070. The molecule has 0 rings (SSSR count). The Kier molecular flexibility index (Phi) is 107. The number of allylic oxidation sites excluding steroid dienone is 24. The number of phosphoric acid groups is 2. The molecule has 0 heterocycles. The molecule has 0 fully saturated rings. The van der Waals surface area contributed by atoms with E-state index in [-0.39, 0.29) is 19.3 Å². The molecular weight excluding hydrogens is 1750 g/mol. The van der Waals surface area contributed by atoms with E-state index >= 15 is 0 Å². The summed E-state index contributed by atoms with van der Waals surface area (Å²) in [5.74, 6) is -1.54. The van der Waals surface area contributed by atoms with E-state index in [2.05, 4.69) is 167 Å². The lowest BCUT2D eigenvalue weighted by Gasteiger charge is -2.21. The number of unbranched alkanes of at least 4 members (excludes halogenated alkanes) is 62. The molecule has 137 heavy (non-hydrogen) atoms. The van der Waals surface area contributed by atoms with Gasteiger partial charge < -0.3 is 34.2 Å². The van der Waals surface area contributed by atoms with Crippen LogP contribution >= 0.6 is 15.6 Å². The van der Waals surface area contributed by atoms with Gasteiger partial charge in [-0.15, -0.1) is 0 Å². The maximum Gasteiger partial charge on any atom is 0.472 e. The molecule has 0 spiro atoms. The van der Waals surface area contributed by atoms with Crippen LogP contribution in [-0.4, -0.2) is 95.9 Å². The van der Waals surface area contributed by atoms with E-state index in [9.17, 15) is 43.5 Å². The van der Waals surface area contributed by atoms with Gasteiger partial charge in [0, 0.05) is 19.3 Å². The molecule has 4 N–H and O–H groups in total. The smallest absolute Gasteiger partial charge is 0.463 e. The molecule has 5 atom stereocenters. The summed E-state index contributed by atoms with van der Waals surface area (Å²) in [7, 11) is -9.82. The van der Waals surface area contributed by atoms with Crippen molar-refractivity contribution in [3.8, 4) is 0 Å². The van der Waals surface area contributed by atoms with E-state index in [4.69, 9.17) is 32.3 Å². The number of ether oxygens (including phenoxy) is 3. The van der Waals surface area contributed by atoms with E-state index in [1.54, 1.807) is 0 Å². The molecule has 0 radical (unpaired) electrons. The Morgan fingerprint density at radius 1 is 0.204 bits per heavy atom. The average Bonchev–Trinajstić information content (AvgIpc) is 0.898. The van der Waals surface area contributed by atoms with Crippen LogP contribution in [0.15, 0.2) is 146 Å². The molecule has 0 amide bonds. The fourth-order valence-electron chi connectivity index (χ4n) is 16.4. The first-order valence-electron chi connectivity index (χ1n) is 57.1. The van der Waals surface area contributed by atoms with Crippen molar-refractivity contribution < 1.29 is 75.8 Å². The van der Waals surface area contributed by atoms with Crippen LogP contribution in [0, 0.1) is 0 Å². The Balaban J connectivity index is 4.57. The number of rotatable bonds is 109. The quantitative estimate of drug-likeness (QED) is 0.0146. The van der Waals surface area contributed by atoms with Gasteiger partial charge in [-0.3, -0.25) is 32.5 Å². The molecule has 0 aromatic rings. The van der Waals surface area contributed by atoms with Crippen LogP contribution in [0.25, 0.3) is 0 Å². The third-order valence-corrected chi connectivity index (χ3v) is 26.9. The zero-order valence-corrected chi connectivity index (χ0v) is 90.3. The normalized spacial score (nSPS) is 14.1. The molecule has 0 aromatic carbocycles. The van der Waals surface area contributed by atoms with Gasteiger partial charge in [-0.05, 0) is 154 Å². The predicted octanol–water partition coefficient (Wildman–Crippen LogP) is 36.9. The maximum absolute atomic E-state index is 13.2. The lowest BCUT2D eigenvalue weighted by Crippen LogP contribution is -2.30. The Morgan fingerprint density at radius 3 is 0.577 bits per heavy atom. The number of aliphatic hydroxyl groups is 2. The third kappa shape index (κ3) is 112. The first-order chi connectivity index (χ1) is 67.2. The SMILES string of the molecule is CCCCC/C=C\C/C=C\C/C=C\C/C=C\CCCCCCCCCCCCCCCCCCCCCC(=O)OCC(O)COP(=O)(O)OCC(O)COP(=O)(O)OCC(COC(=O)CCCCCCCCCCCCCCCCCCCCC/C=C\C/C=C\C/C=C\C/C=C\CCCCC)OC(=O)CCCCCCCCCCCCCCCCC/C=C\C/C=C\C/C=C\C/C=C\CCCCC. The second-order valence-corrected chi connectivity index (χ2v) is 41.4. The van der Waals surface area contributed by atoms with Crippen molar-refractivity contribution in [2.24, 2.45) is 0 Å². The van der Waals surface area contributed by atoms with E-state index in [0.29, 0.717) is 19.3 Å². The van der Waals surface area contributed by atoms with Crippen LogP contribution in [-0.2, 0) is 55.8 Å². The van der Waals surface area contributed by atoms with Gasteiger partial charge >= 0.3 is 33.6 Å². The van der Waals surface area contributed by atoms with Gasteiger partial charge in [-0.1, -0.05) is 507 Å². The summed E-state index contributed by atoms with van der Waals surface area (Å²) in [6.07, 6.45) is 144. The summed E-state index contributed by atoms with van der Waals surface area (Å²) in [6, 6.07) is 0. The molecule has 18 heteroatoms. The minimum atomic E-state index is -4.95. The monoisotopic (exact) mass is 1960 g/mol. The molecule has 794 valence electrons. The van der Waals surface area contributed by atoms with Crippen molar-refractivity contribution in [1.82, 2.24) is 0 Å². The fraction of sp³-hybridized carbons (Fsp3) is 0.773. The van der Waals surface area contributed by atoms with Crippen molar-refractivity contribution in [1.29, 1.82) is 0 Å². The lowest BCUT2D eigenvalue weighted by molar-refractivity contribution is -0.161. The number of esters is 3. The molecule has 0 aliphatic heterocycles. The van der Waals surface area contributed by atoms with Crippen LogP contribution in [0.4, 0.5) is 0 Å². The van der Waals surface area contributed by atoms with Crippen LogP contribution in [0.5, 0.6) is 0 Å². The van der Waals surface area contributed by atoms with Crippen LogP contribution in [0.1, 0.15) is 534 Å². The zero-order valence-electron chi connectivity index (χ0n) is 88.5. The highest BCUT2D eigenvalue weighted by atomic mass is 31.2. The van der Waals surface area contributed by atoms with Crippen molar-refractivity contribution in [2.45, 2.75) is 553 Å². The minimum Gasteiger partial charge on any atom is -0.463 e. The minimum absolute atomic E-state index is 0.105. The summed E-state index contributed by atoms with van der Waals surface area (Å²) in [4.78, 5) is 59.4. The molecule has 0 aliphatic carbocycles. The van der Waals surface area contributed by atoms with Gasteiger partial charge in [0.05, 0.1) is 26.4 Å². The summed E-state index contributed by atoms with van der Waals surface area (Å²) in [6.45, 7) is 2.72. The lowest BCUT2D eigenvalue weighted by atomic mass is 10.0. The highest BCUT2D eigenvalue weighted by Crippen LogP contribution is 2.45. The third-order valence-electron chi connectivity index (χ3n) is 25.0. The van der Waals surface area contributed by atoms with Crippen LogP contribution in [0.2, 0.25) is 0 Å². The first-order valence-corrected chi connectivity index (χ1v) is 60.1. The number of carbonyl (C=O) groups excluding carboxylic acids is 3. The van der Waals surface area contributed by atoms with E-state index in [1.165, 1.54) is 353 Å². The zero-order chi connectivity index (χ0) is 99.2. The number of hydrogen-bond donors (Lipinski definition) is 4. The average molecular weight is 1960 g/mol. The molecule has 0 bridgehead atoms. The Hall–Kier alpha value is -4.57. The first kappa shape index (κ1) is 132. The molecule has 0 saturated carbocycles. The highest BCUT2D eigenvalue weighted by Gasteiger charge is 2.30. The van der Waals surface area contributed by atoms with Gasteiger partial charge in [0.15, 0.2) is 6.10 Å². The van der Waals surface area contributed by atoms with Crippen molar-refractivity contribution >= 4 is 33.6 Å². The molecule has 0 saturated heterocycles. The molecule has 0 aliphatic rings. The topological polar surface area (TPSA) is 231 Å². The maximum atomic E-state index is 13.2. The summed E-state index contributed by atoms with van der Waals surface area (Å²) >= 11 is 0. The van der Waals surface area contributed by atoms with Gasteiger partial charge in [0.2, 0.25) is 0 Å².